The van der Waals surface area contributed by atoms with E-state index in [9.17, 15) is 23.1 Å². The van der Waals surface area contributed by atoms with E-state index in [-0.39, 0.29) is 17.1 Å². The van der Waals surface area contributed by atoms with Gasteiger partial charge in [-0.05, 0) is 35.2 Å². The van der Waals surface area contributed by atoms with Crippen LogP contribution in [0.15, 0.2) is 53.6 Å². The lowest BCUT2D eigenvalue weighted by atomic mass is 9.99. The molecule has 1 heterocycles. The third-order valence-corrected chi connectivity index (χ3v) is 4.89. The average molecular weight is 406 g/mol. The van der Waals surface area contributed by atoms with Gasteiger partial charge in [0.1, 0.15) is 5.75 Å². The molecule has 0 aromatic heterocycles. The van der Waals surface area contributed by atoms with Crippen LogP contribution in [0.5, 0.6) is 5.75 Å². The van der Waals surface area contributed by atoms with Crippen LogP contribution < -0.4 is 4.74 Å². The number of aryl methyl sites for hydroxylation is 1. The number of rotatable bonds is 5. The molecule has 1 amide bonds. The number of halogens is 3. The van der Waals surface area contributed by atoms with Crippen LogP contribution in [0.2, 0.25) is 0 Å². The second kappa shape index (κ2) is 7.87. The highest BCUT2D eigenvalue weighted by molar-refractivity contribution is 6.03. The Hall–Kier alpha value is -2.87. The van der Waals surface area contributed by atoms with Crippen molar-refractivity contribution in [1.82, 2.24) is 5.01 Å². The molecule has 0 fully saturated rings. The number of nitrogens with zero attached hydrogens (tertiary/aromatic N) is 2. The molecule has 0 aliphatic carbocycles. The molecule has 1 aliphatic rings. The van der Waals surface area contributed by atoms with Gasteiger partial charge < -0.3 is 9.84 Å². The van der Waals surface area contributed by atoms with Gasteiger partial charge in [0.05, 0.1) is 25.7 Å². The summed E-state index contributed by atoms with van der Waals surface area (Å²) in [7, 11) is 1.48. The summed E-state index contributed by atoms with van der Waals surface area (Å²) in [6, 6.07) is 13.2. The van der Waals surface area contributed by atoms with Crippen molar-refractivity contribution in [2.75, 3.05) is 7.11 Å². The Bertz CT molecular complexity index is 908. The first-order chi connectivity index (χ1) is 13.7. The number of benzene rings is 2. The molecule has 1 atom stereocenters. The highest BCUT2D eigenvalue weighted by Crippen LogP contribution is 2.41. The van der Waals surface area contributed by atoms with Crippen LogP contribution in [0.4, 0.5) is 13.2 Å². The van der Waals surface area contributed by atoms with Crippen molar-refractivity contribution in [2.24, 2.45) is 5.10 Å². The third-order valence-electron chi connectivity index (χ3n) is 4.89. The fourth-order valence-corrected chi connectivity index (χ4v) is 3.12. The molecule has 8 heteroatoms. The van der Waals surface area contributed by atoms with Gasteiger partial charge in [-0.2, -0.15) is 23.3 Å². The van der Waals surface area contributed by atoms with Crippen molar-refractivity contribution in [3.05, 3.63) is 65.2 Å². The Morgan fingerprint density at radius 1 is 1.14 bits per heavy atom. The van der Waals surface area contributed by atoms with E-state index in [4.69, 9.17) is 4.74 Å². The van der Waals surface area contributed by atoms with E-state index in [1.165, 1.54) is 7.11 Å². The fraction of sp³-hybridized carbons (Fsp3) is 0.333. The summed E-state index contributed by atoms with van der Waals surface area (Å²) in [5.41, 5.74) is -1.43. The quantitative estimate of drug-likeness (QED) is 0.824. The SMILES string of the molecule is CCc1ccc(C2=NN(C(=O)Cc3ccc(OC)cc3)C(O)(C(F)(F)F)C2)cc1. The summed E-state index contributed by atoms with van der Waals surface area (Å²) >= 11 is 0. The Balaban J connectivity index is 1.90. The van der Waals surface area contributed by atoms with E-state index in [2.05, 4.69) is 5.10 Å². The van der Waals surface area contributed by atoms with Crippen LogP contribution in [-0.4, -0.2) is 40.7 Å². The largest absolute Gasteiger partial charge is 0.497 e. The number of aliphatic hydroxyl groups is 1. The van der Waals surface area contributed by atoms with Crippen LogP contribution in [-0.2, 0) is 17.6 Å². The van der Waals surface area contributed by atoms with E-state index in [1.54, 1.807) is 48.5 Å². The van der Waals surface area contributed by atoms with Crippen molar-refractivity contribution in [3.63, 3.8) is 0 Å². The second-order valence-electron chi connectivity index (χ2n) is 6.82. The number of hydrogen-bond donors (Lipinski definition) is 1. The summed E-state index contributed by atoms with van der Waals surface area (Å²) in [6.45, 7) is 1.96. The molecule has 154 valence electrons. The zero-order valence-electron chi connectivity index (χ0n) is 16.0. The molecule has 1 N–H and O–H groups in total. The molecule has 3 rings (SSSR count). The van der Waals surface area contributed by atoms with Crippen LogP contribution in [0, 0.1) is 0 Å². The molecule has 2 aromatic rings. The number of hydrazone groups is 1. The first kappa shape index (κ1) is 20.9. The van der Waals surface area contributed by atoms with E-state index in [0.29, 0.717) is 16.9 Å². The molecule has 1 unspecified atom stereocenters. The molecule has 2 aromatic carbocycles. The minimum atomic E-state index is -5.06. The fourth-order valence-electron chi connectivity index (χ4n) is 3.12. The van der Waals surface area contributed by atoms with Gasteiger partial charge in [-0.3, -0.25) is 4.79 Å². The lowest BCUT2D eigenvalue weighted by Gasteiger charge is -2.32. The van der Waals surface area contributed by atoms with Crippen molar-refractivity contribution < 1.29 is 27.8 Å². The number of amides is 1. The number of ether oxygens (including phenoxy) is 1. The van der Waals surface area contributed by atoms with Gasteiger partial charge in [-0.25, -0.2) is 0 Å². The lowest BCUT2D eigenvalue weighted by Crippen LogP contribution is -2.57. The first-order valence-electron chi connectivity index (χ1n) is 9.10. The summed E-state index contributed by atoms with van der Waals surface area (Å²) in [6.07, 6.45) is -5.44. The summed E-state index contributed by atoms with van der Waals surface area (Å²) < 4.78 is 46.0. The van der Waals surface area contributed by atoms with E-state index in [1.807, 2.05) is 6.92 Å². The van der Waals surface area contributed by atoms with E-state index >= 15 is 0 Å². The number of hydrogen-bond acceptors (Lipinski definition) is 4. The monoisotopic (exact) mass is 406 g/mol. The Kier molecular flexibility index (Phi) is 5.66. The van der Waals surface area contributed by atoms with E-state index in [0.717, 1.165) is 12.0 Å². The molecule has 0 radical (unpaired) electrons. The second-order valence-corrected chi connectivity index (χ2v) is 6.82. The highest BCUT2D eigenvalue weighted by Gasteiger charge is 2.63. The van der Waals surface area contributed by atoms with Crippen molar-refractivity contribution >= 4 is 11.6 Å². The molecule has 1 aliphatic heterocycles. The average Bonchev–Trinajstić information content (AvgIpc) is 3.07. The molecule has 0 bridgehead atoms. The summed E-state index contributed by atoms with van der Waals surface area (Å²) in [5.74, 6) is -0.389. The number of carbonyl (C=O) groups excluding carboxylic acids is 1. The maximum atomic E-state index is 13.7. The van der Waals surface area contributed by atoms with Gasteiger partial charge in [0.25, 0.3) is 5.72 Å². The summed E-state index contributed by atoms with van der Waals surface area (Å²) in [4.78, 5) is 12.6. The lowest BCUT2D eigenvalue weighted by molar-refractivity contribution is -0.302. The molecule has 5 nitrogen and oxygen atoms in total. The summed E-state index contributed by atoms with van der Waals surface area (Å²) in [5, 5.41) is 14.4. The predicted molar refractivity (Wildman–Crippen MR) is 102 cm³/mol. The maximum Gasteiger partial charge on any atom is 0.438 e. The molecule has 0 spiro atoms. The van der Waals surface area contributed by atoms with Crippen LogP contribution >= 0.6 is 0 Å². The number of methoxy groups -OCH3 is 1. The highest BCUT2D eigenvalue weighted by atomic mass is 19.4. The molecule has 29 heavy (non-hydrogen) atoms. The van der Waals surface area contributed by atoms with Crippen LogP contribution in [0.1, 0.15) is 30.0 Å². The van der Waals surface area contributed by atoms with Crippen molar-refractivity contribution in [3.8, 4) is 5.75 Å². The van der Waals surface area contributed by atoms with Gasteiger partial charge >= 0.3 is 6.18 Å². The van der Waals surface area contributed by atoms with Gasteiger partial charge in [0.2, 0.25) is 5.91 Å². The third kappa shape index (κ3) is 4.12. The number of carbonyl (C=O) groups is 1. The van der Waals surface area contributed by atoms with Crippen molar-refractivity contribution in [1.29, 1.82) is 0 Å². The molecular weight excluding hydrogens is 385 g/mol. The normalized spacial score (nSPS) is 19.2. The molecular formula is C21H21F3N2O3. The number of alkyl halides is 3. The minimum absolute atomic E-state index is 0.00978. The Morgan fingerprint density at radius 2 is 1.72 bits per heavy atom. The topological polar surface area (TPSA) is 62.1 Å². The van der Waals surface area contributed by atoms with Gasteiger partial charge in [-0.1, -0.05) is 43.3 Å². The predicted octanol–water partition coefficient (Wildman–Crippen LogP) is 3.69. The van der Waals surface area contributed by atoms with Crippen molar-refractivity contribution in [2.45, 2.75) is 38.1 Å². The van der Waals surface area contributed by atoms with Gasteiger partial charge in [-0.15, -0.1) is 0 Å². The van der Waals surface area contributed by atoms with Crippen LogP contribution in [0.25, 0.3) is 0 Å². The van der Waals surface area contributed by atoms with Gasteiger partial charge in [0.15, 0.2) is 0 Å². The van der Waals surface area contributed by atoms with Gasteiger partial charge in [0, 0.05) is 0 Å². The first-order valence-corrected chi connectivity index (χ1v) is 9.10. The standard InChI is InChI=1S/C21H21F3N2O3/c1-3-14-4-8-16(9-5-14)18-13-20(28,21(22,23)24)26(25-18)19(27)12-15-6-10-17(29-2)11-7-15/h4-11,28H,3,12-13H2,1-2H3. The minimum Gasteiger partial charge on any atom is -0.497 e. The van der Waals surface area contributed by atoms with Crippen LogP contribution in [0.3, 0.4) is 0 Å². The zero-order chi connectivity index (χ0) is 21.2. The zero-order valence-corrected chi connectivity index (χ0v) is 16.0. The Morgan fingerprint density at radius 3 is 2.24 bits per heavy atom. The maximum absolute atomic E-state index is 13.7. The van der Waals surface area contributed by atoms with E-state index < -0.39 is 24.2 Å². The smallest absolute Gasteiger partial charge is 0.438 e. The molecule has 0 saturated heterocycles. The Labute approximate surface area is 166 Å². The molecule has 0 saturated carbocycles.